The van der Waals surface area contributed by atoms with E-state index in [0.717, 1.165) is 5.69 Å². The summed E-state index contributed by atoms with van der Waals surface area (Å²) in [7, 11) is 0. The van der Waals surface area contributed by atoms with Gasteiger partial charge in [-0.2, -0.15) is 13.2 Å². The number of nitrogens with one attached hydrogen (secondary N) is 1. The van der Waals surface area contributed by atoms with Crippen LogP contribution >= 0.6 is 23.6 Å². The molecule has 1 aliphatic rings. The lowest BCUT2D eigenvalue weighted by Gasteiger charge is -2.33. The summed E-state index contributed by atoms with van der Waals surface area (Å²) in [5.41, 5.74) is 0.892. The zero-order chi connectivity index (χ0) is 17.2. The van der Waals surface area contributed by atoms with Gasteiger partial charge >= 0.3 is 6.18 Å². The van der Waals surface area contributed by atoms with Gasteiger partial charge in [0, 0.05) is 12.2 Å². The lowest BCUT2D eigenvalue weighted by Crippen LogP contribution is -2.42. The van der Waals surface area contributed by atoms with E-state index in [1.165, 1.54) is 11.3 Å². The first-order valence-electron chi connectivity index (χ1n) is 7.61. The van der Waals surface area contributed by atoms with Crippen molar-refractivity contribution in [1.82, 2.24) is 14.7 Å². The average Bonchev–Trinajstić information content (AvgIpc) is 2.87. The Labute approximate surface area is 146 Å². The van der Waals surface area contributed by atoms with Gasteiger partial charge < -0.3 is 5.32 Å². The summed E-state index contributed by atoms with van der Waals surface area (Å²) in [4.78, 5) is 1.77. The molecule has 0 radical (unpaired) electrons. The van der Waals surface area contributed by atoms with Gasteiger partial charge in [-0.05, 0) is 43.7 Å². The minimum atomic E-state index is -4.14. The Morgan fingerprint density at radius 3 is 2.75 bits per heavy atom. The molecule has 1 unspecified atom stereocenters. The Morgan fingerprint density at radius 1 is 1.29 bits per heavy atom. The Kier molecular flexibility index (Phi) is 5.21. The van der Waals surface area contributed by atoms with Gasteiger partial charge in [0.05, 0.1) is 12.6 Å². The molecular weight excluding hydrogens is 357 g/mol. The average molecular weight is 374 g/mol. The van der Waals surface area contributed by atoms with Crippen molar-refractivity contribution in [3.8, 4) is 0 Å². The number of rotatable bonds is 4. The van der Waals surface area contributed by atoms with Crippen molar-refractivity contribution in [1.29, 1.82) is 0 Å². The molecule has 0 amide bonds. The molecule has 1 atom stereocenters. The second kappa shape index (κ2) is 7.20. The maximum Gasteiger partial charge on any atom is 0.393 e. The number of benzene rings is 1. The number of nitrogens with zero attached hydrogens (tertiary/aromatic N) is 3. The number of piperidine rings is 1. The van der Waals surface area contributed by atoms with Gasteiger partial charge in [-0.1, -0.05) is 29.5 Å². The lowest BCUT2D eigenvalue weighted by atomic mass is 9.98. The molecule has 2 heterocycles. The molecule has 24 heavy (non-hydrogen) atoms. The summed E-state index contributed by atoms with van der Waals surface area (Å²) < 4.78 is 40.8. The third-order valence-electron chi connectivity index (χ3n) is 3.93. The normalized spacial score (nSPS) is 19.4. The molecule has 1 fully saturated rings. The van der Waals surface area contributed by atoms with Crippen LogP contribution in [0.5, 0.6) is 0 Å². The second-order valence-electron chi connectivity index (χ2n) is 5.76. The Balaban J connectivity index is 1.66. The van der Waals surface area contributed by atoms with Gasteiger partial charge in [0.1, 0.15) is 0 Å². The predicted octanol–water partition coefficient (Wildman–Crippen LogP) is 4.65. The van der Waals surface area contributed by atoms with Crippen molar-refractivity contribution in [2.24, 2.45) is 5.92 Å². The number of hydrogen-bond donors (Lipinski definition) is 1. The van der Waals surface area contributed by atoms with E-state index in [1.54, 1.807) is 9.58 Å². The highest BCUT2D eigenvalue weighted by molar-refractivity contribution is 7.73. The smallest absolute Gasteiger partial charge is 0.330 e. The maximum absolute atomic E-state index is 12.9. The van der Waals surface area contributed by atoms with Crippen molar-refractivity contribution >= 4 is 34.4 Å². The van der Waals surface area contributed by atoms with Crippen LogP contribution in [0.15, 0.2) is 30.3 Å². The number of aromatic nitrogens is 2. The van der Waals surface area contributed by atoms with Gasteiger partial charge in [-0.3, -0.25) is 4.90 Å². The molecule has 0 bridgehead atoms. The SMILES string of the molecule is FC(F)(F)C1CCCN(Cn2nc(Nc3ccccc3)sc2=S)C1. The van der Waals surface area contributed by atoms with Gasteiger partial charge in [-0.15, -0.1) is 5.10 Å². The summed E-state index contributed by atoms with van der Waals surface area (Å²) in [5, 5.41) is 8.17. The standard InChI is InChI=1S/C15H17F3N4S2/c16-15(17,18)11-5-4-8-21(9-11)10-22-14(23)24-13(20-22)19-12-6-2-1-3-7-12/h1-3,6-7,11H,4-5,8-10H2,(H,19,20). The summed E-state index contributed by atoms with van der Waals surface area (Å²) in [5.74, 6) is -1.26. The topological polar surface area (TPSA) is 33.1 Å². The van der Waals surface area contributed by atoms with Gasteiger partial charge in [-0.25, -0.2) is 4.68 Å². The minimum absolute atomic E-state index is 0.00421. The van der Waals surface area contributed by atoms with E-state index in [0.29, 0.717) is 28.7 Å². The highest BCUT2D eigenvalue weighted by Crippen LogP contribution is 2.33. The first-order valence-corrected chi connectivity index (χ1v) is 8.83. The Hall–Kier alpha value is -1.45. The molecule has 130 valence electrons. The zero-order valence-corrected chi connectivity index (χ0v) is 14.4. The van der Waals surface area contributed by atoms with E-state index in [2.05, 4.69) is 10.4 Å². The predicted molar refractivity (Wildman–Crippen MR) is 91.0 cm³/mol. The summed E-state index contributed by atoms with van der Waals surface area (Å²) >= 11 is 6.60. The van der Waals surface area contributed by atoms with Gasteiger partial charge in [0.15, 0.2) is 3.95 Å². The van der Waals surface area contributed by atoms with E-state index in [1.807, 2.05) is 30.3 Å². The van der Waals surface area contributed by atoms with Crippen LogP contribution in [-0.2, 0) is 6.67 Å². The number of halogens is 3. The molecular formula is C15H17F3N4S2. The molecule has 1 saturated heterocycles. The monoisotopic (exact) mass is 374 g/mol. The Bertz CT molecular complexity index is 726. The van der Waals surface area contributed by atoms with Crippen LogP contribution in [-0.4, -0.2) is 33.9 Å². The highest BCUT2D eigenvalue weighted by atomic mass is 32.1. The first kappa shape index (κ1) is 17.4. The van der Waals surface area contributed by atoms with E-state index in [9.17, 15) is 13.2 Å². The van der Waals surface area contributed by atoms with Crippen molar-refractivity contribution in [3.63, 3.8) is 0 Å². The molecule has 1 aromatic carbocycles. The number of para-hydroxylation sites is 1. The molecule has 3 rings (SSSR count). The van der Waals surface area contributed by atoms with Crippen molar-refractivity contribution < 1.29 is 13.2 Å². The number of hydrogen-bond acceptors (Lipinski definition) is 5. The van der Waals surface area contributed by atoms with Crippen molar-refractivity contribution in [2.45, 2.75) is 25.7 Å². The first-order chi connectivity index (χ1) is 11.4. The molecule has 0 aliphatic carbocycles. The quantitative estimate of drug-likeness (QED) is 0.790. The van der Waals surface area contributed by atoms with Crippen molar-refractivity contribution in [3.05, 3.63) is 34.3 Å². The van der Waals surface area contributed by atoms with E-state index >= 15 is 0 Å². The molecule has 0 saturated carbocycles. The van der Waals surface area contributed by atoms with Crippen LogP contribution in [0.25, 0.3) is 0 Å². The maximum atomic E-state index is 12.9. The molecule has 1 aliphatic heterocycles. The molecule has 9 heteroatoms. The Morgan fingerprint density at radius 2 is 2.04 bits per heavy atom. The zero-order valence-electron chi connectivity index (χ0n) is 12.8. The summed E-state index contributed by atoms with van der Waals surface area (Å²) in [6, 6.07) is 9.55. The van der Waals surface area contributed by atoms with E-state index in [4.69, 9.17) is 12.2 Å². The molecule has 2 aromatic rings. The second-order valence-corrected chi connectivity index (χ2v) is 7.39. The minimum Gasteiger partial charge on any atom is -0.330 e. The molecule has 4 nitrogen and oxygen atoms in total. The van der Waals surface area contributed by atoms with Crippen molar-refractivity contribution in [2.75, 3.05) is 18.4 Å². The van der Waals surface area contributed by atoms with Crippen LogP contribution in [0.4, 0.5) is 24.0 Å². The third kappa shape index (κ3) is 4.34. The van der Waals surface area contributed by atoms with Gasteiger partial charge in [0.2, 0.25) is 5.13 Å². The fourth-order valence-corrected chi connectivity index (χ4v) is 3.74. The summed E-state index contributed by atoms with van der Waals surface area (Å²) in [6.07, 6.45) is -3.40. The van der Waals surface area contributed by atoms with E-state index < -0.39 is 12.1 Å². The number of anilines is 2. The van der Waals surface area contributed by atoms with Crippen LogP contribution in [0.1, 0.15) is 12.8 Å². The molecule has 1 N–H and O–H groups in total. The largest absolute Gasteiger partial charge is 0.393 e. The molecule has 1 aromatic heterocycles. The van der Waals surface area contributed by atoms with Crippen LogP contribution in [0.2, 0.25) is 0 Å². The lowest BCUT2D eigenvalue weighted by molar-refractivity contribution is -0.188. The van der Waals surface area contributed by atoms with E-state index in [-0.39, 0.29) is 13.0 Å². The van der Waals surface area contributed by atoms with Crippen LogP contribution in [0, 0.1) is 9.87 Å². The van der Waals surface area contributed by atoms with Crippen LogP contribution < -0.4 is 5.32 Å². The fourth-order valence-electron chi connectivity index (χ4n) is 2.73. The fraction of sp³-hybridized carbons (Fsp3) is 0.467. The number of alkyl halides is 3. The van der Waals surface area contributed by atoms with Crippen LogP contribution in [0.3, 0.4) is 0 Å². The highest BCUT2D eigenvalue weighted by Gasteiger charge is 2.41. The van der Waals surface area contributed by atoms with Gasteiger partial charge in [0.25, 0.3) is 0 Å². The number of likely N-dealkylation sites (tertiary alicyclic amines) is 1. The molecule has 0 spiro atoms. The third-order valence-corrected chi connectivity index (χ3v) is 5.16. The summed E-state index contributed by atoms with van der Waals surface area (Å²) in [6.45, 7) is 0.927.